The molecule has 0 bridgehead atoms. The average Bonchev–Trinajstić information content (AvgIpc) is 3.37. The lowest BCUT2D eigenvalue weighted by atomic mass is 9.99. The molecule has 7 atom stereocenters. The molecule has 0 aromatic rings. The number of aliphatic hydroxyl groups excluding tert-OH is 5. The van der Waals surface area contributed by atoms with E-state index in [1.54, 1.807) is 6.08 Å². The topological polar surface area (TPSA) is 175 Å². The molecule has 1 fully saturated rings. The maximum Gasteiger partial charge on any atom is 0.305 e. The molecule has 0 radical (unpaired) electrons. The number of amides is 1. The normalized spacial score (nSPS) is 19.8. The van der Waals surface area contributed by atoms with Crippen molar-refractivity contribution in [2.75, 3.05) is 19.8 Å². The second-order valence-corrected chi connectivity index (χ2v) is 19.3. The first-order valence-corrected chi connectivity index (χ1v) is 28.4. The lowest BCUT2D eigenvalue weighted by molar-refractivity contribution is -0.302. The molecule has 0 spiro atoms. The summed E-state index contributed by atoms with van der Waals surface area (Å²) >= 11 is 0. The van der Waals surface area contributed by atoms with Crippen LogP contribution in [0.25, 0.3) is 0 Å². The van der Waals surface area contributed by atoms with Gasteiger partial charge in [-0.05, 0) is 109 Å². The van der Waals surface area contributed by atoms with E-state index >= 15 is 0 Å². The van der Waals surface area contributed by atoms with Gasteiger partial charge in [-0.1, -0.05) is 182 Å². The van der Waals surface area contributed by atoms with E-state index in [0.29, 0.717) is 25.9 Å². The number of hydrogen-bond donors (Lipinski definition) is 6. The number of unbranched alkanes of at least 4 members (excludes halogenated alkanes) is 22. The minimum Gasteiger partial charge on any atom is -0.466 e. The van der Waals surface area contributed by atoms with Gasteiger partial charge in [-0.15, -0.1) is 0 Å². The third-order valence-corrected chi connectivity index (χ3v) is 12.7. The Bertz CT molecular complexity index is 1450. The fourth-order valence-corrected chi connectivity index (χ4v) is 8.18. The molecule has 1 rings (SSSR count). The van der Waals surface area contributed by atoms with Crippen LogP contribution in [-0.2, 0) is 23.8 Å². The Hall–Kier alpha value is -3.16. The molecular formula is C60H103NO10. The fraction of sp³-hybridized carbons (Fsp3) is 0.733. The molecule has 6 N–H and O–H groups in total. The molecule has 1 saturated heterocycles. The van der Waals surface area contributed by atoms with Gasteiger partial charge in [0.05, 0.1) is 32.0 Å². The van der Waals surface area contributed by atoms with Gasteiger partial charge in [0.15, 0.2) is 6.29 Å². The number of ether oxygens (including phenoxy) is 3. The smallest absolute Gasteiger partial charge is 0.305 e. The van der Waals surface area contributed by atoms with Crippen LogP contribution in [0.1, 0.15) is 219 Å². The zero-order chi connectivity index (χ0) is 51.7. The van der Waals surface area contributed by atoms with E-state index in [4.69, 9.17) is 14.2 Å². The summed E-state index contributed by atoms with van der Waals surface area (Å²) in [6.07, 6.45) is 55.4. The second-order valence-electron chi connectivity index (χ2n) is 19.3. The van der Waals surface area contributed by atoms with Crippen molar-refractivity contribution in [3.05, 3.63) is 85.1 Å². The van der Waals surface area contributed by atoms with Crippen LogP contribution in [0.2, 0.25) is 0 Å². The van der Waals surface area contributed by atoms with Crippen molar-refractivity contribution in [3.63, 3.8) is 0 Å². The summed E-state index contributed by atoms with van der Waals surface area (Å²) < 4.78 is 16.6. The molecule has 0 saturated carbocycles. The Kier molecular flexibility index (Phi) is 45.5. The Labute approximate surface area is 432 Å². The summed E-state index contributed by atoms with van der Waals surface area (Å²) in [6.45, 7) is 4.08. The van der Waals surface area contributed by atoms with Crippen LogP contribution in [0.4, 0.5) is 0 Å². The van der Waals surface area contributed by atoms with E-state index in [1.165, 1.54) is 77.0 Å². The molecule has 1 amide bonds. The summed E-state index contributed by atoms with van der Waals surface area (Å²) in [5.41, 5.74) is 0. The molecular weight excluding hydrogens is 895 g/mol. The standard InChI is InChI=1S/C60H103NO10/c1-3-5-7-9-11-13-15-16-25-28-32-36-40-44-48-56(65)69-49-45-41-37-33-29-26-23-21-19-17-18-20-22-24-27-31-35-39-43-47-55(64)61-52(51-70-60-59(68)58(67)57(66)54(50-62)71-60)53(63)46-42-38-34-30-14-12-10-8-6-4-2/h6,8-9,11,14-16,21,23,26,29-30,42,46,52-54,57-60,62-63,66-68H,3-5,7,10,12-13,17-20,22,24-25,27-28,31-41,43-45,47-51H2,1-2H3,(H,61,64)/b8-6+,11-9-,16-15-,23-21-,29-26-,30-14+,46-42+. The number of allylic oxidation sites excluding steroid dienone is 13. The van der Waals surface area contributed by atoms with Crippen molar-refractivity contribution in [2.24, 2.45) is 0 Å². The number of hydrogen-bond acceptors (Lipinski definition) is 10. The van der Waals surface area contributed by atoms with Gasteiger partial charge in [-0.3, -0.25) is 9.59 Å². The number of carbonyl (C=O) groups is 2. The number of aliphatic hydroxyl groups is 5. The largest absolute Gasteiger partial charge is 0.466 e. The molecule has 1 aliphatic rings. The Morgan fingerprint density at radius 1 is 0.549 bits per heavy atom. The molecule has 408 valence electrons. The first kappa shape index (κ1) is 65.9. The molecule has 0 aromatic carbocycles. The lowest BCUT2D eigenvalue weighted by Crippen LogP contribution is -2.60. The van der Waals surface area contributed by atoms with Crippen LogP contribution in [-0.4, -0.2) is 100 Å². The SMILES string of the molecule is CC/C=C/CC/C=C/CC/C=C/C(O)C(COC1OC(CO)C(O)C(O)C1O)NC(=O)CCCCCCCCCCCC/C=C\C=C/CCCCCOC(=O)CCCCCCC/C=C\C/C=C\CCCC. The predicted octanol–water partition coefficient (Wildman–Crippen LogP) is 12.6. The average molecular weight is 998 g/mol. The van der Waals surface area contributed by atoms with Gasteiger partial charge in [-0.2, -0.15) is 0 Å². The van der Waals surface area contributed by atoms with Gasteiger partial charge in [0.25, 0.3) is 0 Å². The third-order valence-electron chi connectivity index (χ3n) is 12.7. The van der Waals surface area contributed by atoms with E-state index < -0.39 is 49.5 Å². The van der Waals surface area contributed by atoms with Gasteiger partial charge < -0.3 is 45.1 Å². The van der Waals surface area contributed by atoms with Gasteiger partial charge in [0, 0.05) is 12.8 Å². The summed E-state index contributed by atoms with van der Waals surface area (Å²) in [4.78, 5) is 25.0. The van der Waals surface area contributed by atoms with E-state index in [2.05, 4.69) is 92.1 Å². The van der Waals surface area contributed by atoms with E-state index in [1.807, 2.05) is 6.08 Å². The van der Waals surface area contributed by atoms with Gasteiger partial charge in [0.2, 0.25) is 5.91 Å². The molecule has 11 nitrogen and oxygen atoms in total. The fourth-order valence-electron chi connectivity index (χ4n) is 8.18. The van der Waals surface area contributed by atoms with Gasteiger partial charge >= 0.3 is 5.97 Å². The summed E-state index contributed by atoms with van der Waals surface area (Å²) in [5, 5.41) is 54.1. The van der Waals surface area contributed by atoms with Crippen molar-refractivity contribution in [1.29, 1.82) is 0 Å². The first-order chi connectivity index (χ1) is 34.7. The van der Waals surface area contributed by atoms with Crippen LogP contribution in [0.3, 0.4) is 0 Å². The quantitative estimate of drug-likeness (QED) is 0.0149. The Morgan fingerprint density at radius 2 is 1.04 bits per heavy atom. The monoisotopic (exact) mass is 998 g/mol. The van der Waals surface area contributed by atoms with E-state index in [9.17, 15) is 35.1 Å². The maximum absolute atomic E-state index is 13.0. The number of nitrogens with one attached hydrogen (secondary N) is 1. The minimum absolute atomic E-state index is 0.0455. The highest BCUT2D eigenvalue weighted by Crippen LogP contribution is 2.23. The maximum atomic E-state index is 13.0. The molecule has 71 heavy (non-hydrogen) atoms. The minimum atomic E-state index is -1.59. The van der Waals surface area contributed by atoms with Crippen LogP contribution >= 0.6 is 0 Å². The molecule has 1 heterocycles. The highest BCUT2D eigenvalue weighted by atomic mass is 16.7. The molecule has 0 aliphatic carbocycles. The molecule has 7 unspecified atom stereocenters. The van der Waals surface area contributed by atoms with Crippen molar-refractivity contribution >= 4 is 11.9 Å². The van der Waals surface area contributed by atoms with E-state index in [0.717, 1.165) is 109 Å². The summed E-state index contributed by atoms with van der Waals surface area (Å²) in [5.74, 6) is -0.257. The van der Waals surface area contributed by atoms with Crippen LogP contribution < -0.4 is 5.32 Å². The molecule has 11 heteroatoms. The zero-order valence-electron chi connectivity index (χ0n) is 44.7. The zero-order valence-corrected chi connectivity index (χ0v) is 44.7. The number of esters is 1. The summed E-state index contributed by atoms with van der Waals surface area (Å²) in [6, 6.07) is -0.844. The lowest BCUT2D eigenvalue weighted by Gasteiger charge is -2.40. The Morgan fingerprint density at radius 3 is 1.62 bits per heavy atom. The summed E-state index contributed by atoms with van der Waals surface area (Å²) in [7, 11) is 0. The van der Waals surface area contributed by atoms with E-state index in [-0.39, 0.29) is 18.5 Å². The first-order valence-electron chi connectivity index (χ1n) is 28.4. The number of rotatable bonds is 47. The van der Waals surface area contributed by atoms with Crippen LogP contribution in [0.5, 0.6) is 0 Å². The van der Waals surface area contributed by atoms with Crippen molar-refractivity contribution < 1.29 is 49.3 Å². The second kappa shape index (κ2) is 49.1. The highest BCUT2D eigenvalue weighted by Gasteiger charge is 2.44. The Balaban J connectivity index is 2.10. The highest BCUT2D eigenvalue weighted by molar-refractivity contribution is 5.76. The third kappa shape index (κ3) is 39.0. The van der Waals surface area contributed by atoms with Crippen LogP contribution in [0.15, 0.2) is 85.1 Å². The van der Waals surface area contributed by atoms with Crippen LogP contribution in [0, 0.1) is 0 Å². The van der Waals surface area contributed by atoms with Gasteiger partial charge in [-0.25, -0.2) is 0 Å². The molecule has 0 aromatic heterocycles. The van der Waals surface area contributed by atoms with Gasteiger partial charge in [0.1, 0.15) is 24.4 Å². The molecule has 1 aliphatic heterocycles. The number of carbonyl (C=O) groups excluding carboxylic acids is 2. The van der Waals surface area contributed by atoms with Crippen molar-refractivity contribution in [1.82, 2.24) is 5.32 Å². The van der Waals surface area contributed by atoms with Crippen molar-refractivity contribution in [3.8, 4) is 0 Å². The van der Waals surface area contributed by atoms with Crippen molar-refractivity contribution in [2.45, 2.75) is 262 Å². The predicted molar refractivity (Wildman–Crippen MR) is 292 cm³/mol.